The van der Waals surface area contributed by atoms with Gasteiger partial charge < -0.3 is 15.0 Å². The fourth-order valence-electron chi connectivity index (χ4n) is 4.02. The molecular weight excluding hydrogens is 547 g/mol. The Morgan fingerprint density at radius 3 is 2.32 bits per heavy atom. The zero-order valence-electron chi connectivity index (χ0n) is 22.4. The van der Waals surface area contributed by atoms with Crippen LogP contribution in [-0.2, 0) is 22.6 Å². The molecule has 5 nitrogen and oxygen atoms in total. The van der Waals surface area contributed by atoms with Crippen LogP contribution in [0.4, 0.5) is 4.39 Å². The van der Waals surface area contributed by atoms with Crippen molar-refractivity contribution in [3.63, 3.8) is 0 Å². The van der Waals surface area contributed by atoms with Crippen LogP contribution in [0.5, 0.6) is 5.75 Å². The second-order valence-electron chi connectivity index (χ2n) is 9.77. The van der Waals surface area contributed by atoms with Gasteiger partial charge in [-0.15, -0.1) is 0 Å². The molecule has 0 aliphatic rings. The standard InChI is InChI=1S/C31H36BrFN2O3/c1-5-22(4)34-31(37)28(17-23-11-7-6-8-12-23)35(19-25-13-9-10-14-27(25)33)30(36)20-38-29-16-15-24(21(2)3)18-26(29)32/h6-16,18,21-22,28H,5,17,19-20H2,1-4H3,(H,34,37)/t22-,28-/m0/s1. The SMILES string of the molecule is CC[C@H](C)NC(=O)[C@H](Cc1ccccc1)N(Cc1ccccc1F)C(=O)COc1ccc(C(C)C)cc1Br. The molecule has 0 radical (unpaired) electrons. The number of amides is 2. The molecule has 0 saturated carbocycles. The van der Waals surface area contributed by atoms with Crippen molar-refractivity contribution in [2.75, 3.05) is 6.61 Å². The third kappa shape index (κ3) is 8.15. The van der Waals surface area contributed by atoms with Crippen molar-refractivity contribution < 1.29 is 18.7 Å². The number of carbonyl (C=O) groups excluding carboxylic acids is 2. The Bertz CT molecular complexity index is 1220. The highest BCUT2D eigenvalue weighted by molar-refractivity contribution is 9.10. The average Bonchev–Trinajstić information content (AvgIpc) is 2.91. The molecule has 7 heteroatoms. The van der Waals surface area contributed by atoms with Gasteiger partial charge in [-0.05, 0) is 64.5 Å². The highest BCUT2D eigenvalue weighted by Crippen LogP contribution is 2.29. The molecule has 0 aromatic heterocycles. The van der Waals surface area contributed by atoms with Crippen LogP contribution < -0.4 is 10.1 Å². The van der Waals surface area contributed by atoms with E-state index in [1.165, 1.54) is 11.0 Å². The Hall–Kier alpha value is -3.19. The van der Waals surface area contributed by atoms with Crippen LogP contribution in [0.3, 0.4) is 0 Å². The molecule has 38 heavy (non-hydrogen) atoms. The summed E-state index contributed by atoms with van der Waals surface area (Å²) in [6.07, 6.45) is 1.03. The Morgan fingerprint density at radius 1 is 1.00 bits per heavy atom. The first-order valence-corrected chi connectivity index (χ1v) is 13.8. The number of ether oxygens (including phenoxy) is 1. The zero-order chi connectivity index (χ0) is 27.7. The molecule has 0 fully saturated rings. The fraction of sp³-hybridized carbons (Fsp3) is 0.355. The minimum atomic E-state index is -0.853. The number of rotatable bonds is 12. The van der Waals surface area contributed by atoms with Gasteiger partial charge in [0, 0.05) is 24.6 Å². The second kappa shape index (κ2) is 14.1. The second-order valence-corrected chi connectivity index (χ2v) is 10.6. The van der Waals surface area contributed by atoms with Crippen LogP contribution in [0.2, 0.25) is 0 Å². The van der Waals surface area contributed by atoms with E-state index in [2.05, 4.69) is 35.1 Å². The Balaban J connectivity index is 1.92. The molecule has 0 aliphatic heterocycles. The highest BCUT2D eigenvalue weighted by Gasteiger charge is 2.32. The molecule has 2 atom stereocenters. The lowest BCUT2D eigenvalue weighted by Crippen LogP contribution is -2.53. The molecule has 0 spiro atoms. The smallest absolute Gasteiger partial charge is 0.261 e. The molecule has 0 bridgehead atoms. The van der Waals surface area contributed by atoms with Crippen LogP contribution in [0.25, 0.3) is 0 Å². The third-order valence-electron chi connectivity index (χ3n) is 6.54. The fourth-order valence-corrected chi connectivity index (χ4v) is 4.53. The topological polar surface area (TPSA) is 58.6 Å². The lowest BCUT2D eigenvalue weighted by atomic mass is 10.0. The van der Waals surface area contributed by atoms with E-state index < -0.39 is 17.8 Å². The van der Waals surface area contributed by atoms with Crippen molar-refractivity contribution in [1.29, 1.82) is 0 Å². The molecule has 3 aromatic rings. The highest BCUT2D eigenvalue weighted by atomic mass is 79.9. The molecule has 0 heterocycles. The summed E-state index contributed by atoms with van der Waals surface area (Å²) in [6, 6.07) is 20.7. The summed E-state index contributed by atoms with van der Waals surface area (Å²) in [4.78, 5) is 28.6. The van der Waals surface area contributed by atoms with Crippen molar-refractivity contribution in [3.8, 4) is 5.75 Å². The number of nitrogens with zero attached hydrogens (tertiary/aromatic N) is 1. The number of benzene rings is 3. The molecule has 0 saturated heterocycles. The van der Waals surface area contributed by atoms with E-state index in [9.17, 15) is 14.0 Å². The van der Waals surface area contributed by atoms with Gasteiger partial charge in [0.05, 0.1) is 4.47 Å². The van der Waals surface area contributed by atoms with Crippen LogP contribution in [0.1, 0.15) is 56.7 Å². The normalized spacial score (nSPS) is 12.6. The quantitative estimate of drug-likeness (QED) is 0.260. The summed E-state index contributed by atoms with van der Waals surface area (Å²) >= 11 is 3.53. The number of carbonyl (C=O) groups is 2. The number of hydrogen-bond acceptors (Lipinski definition) is 3. The maximum Gasteiger partial charge on any atom is 0.261 e. The maximum atomic E-state index is 14.7. The lowest BCUT2D eigenvalue weighted by molar-refractivity contribution is -0.143. The summed E-state index contributed by atoms with van der Waals surface area (Å²) in [7, 11) is 0. The molecule has 2 amide bonds. The van der Waals surface area contributed by atoms with E-state index in [0.29, 0.717) is 17.2 Å². The summed E-state index contributed by atoms with van der Waals surface area (Å²) in [5, 5.41) is 3.01. The van der Waals surface area contributed by atoms with E-state index >= 15 is 0 Å². The Kier molecular flexibility index (Phi) is 10.9. The molecule has 202 valence electrons. The van der Waals surface area contributed by atoms with Crippen molar-refractivity contribution in [3.05, 3.63) is 99.8 Å². The van der Waals surface area contributed by atoms with Gasteiger partial charge in [-0.25, -0.2) is 4.39 Å². The average molecular weight is 584 g/mol. The maximum absolute atomic E-state index is 14.7. The minimum absolute atomic E-state index is 0.0618. The van der Waals surface area contributed by atoms with E-state index in [0.717, 1.165) is 22.0 Å². The summed E-state index contributed by atoms with van der Waals surface area (Å²) in [5.41, 5.74) is 2.37. The van der Waals surface area contributed by atoms with E-state index in [-0.39, 0.29) is 31.5 Å². The minimum Gasteiger partial charge on any atom is -0.483 e. The predicted molar refractivity (Wildman–Crippen MR) is 153 cm³/mol. The van der Waals surface area contributed by atoms with Crippen molar-refractivity contribution >= 4 is 27.7 Å². The van der Waals surface area contributed by atoms with Crippen LogP contribution >= 0.6 is 15.9 Å². The number of hydrogen-bond donors (Lipinski definition) is 1. The van der Waals surface area contributed by atoms with Gasteiger partial charge in [0.25, 0.3) is 5.91 Å². The molecule has 1 N–H and O–H groups in total. The van der Waals surface area contributed by atoms with Crippen LogP contribution in [-0.4, -0.2) is 35.4 Å². The van der Waals surface area contributed by atoms with E-state index in [1.54, 1.807) is 18.2 Å². The van der Waals surface area contributed by atoms with Gasteiger partial charge >= 0.3 is 0 Å². The first kappa shape index (κ1) is 29.4. The molecular formula is C31H36BrFN2O3. The van der Waals surface area contributed by atoms with Gasteiger partial charge in [-0.2, -0.15) is 0 Å². The third-order valence-corrected chi connectivity index (χ3v) is 7.16. The monoisotopic (exact) mass is 582 g/mol. The summed E-state index contributed by atoms with van der Waals surface area (Å²) < 4.78 is 21.3. The van der Waals surface area contributed by atoms with E-state index in [1.807, 2.05) is 62.4 Å². The summed E-state index contributed by atoms with van der Waals surface area (Å²) in [5.74, 6) is -0.249. The predicted octanol–water partition coefficient (Wildman–Crippen LogP) is 6.65. The van der Waals surface area contributed by atoms with Crippen LogP contribution in [0, 0.1) is 5.82 Å². The summed E-state index contributed by atoms with van der Waals surface area (Å²) in [6.45, 7) is 7.74. The van der Waals surface area contributed by atoms with Crippen molar-refractivity contribution in [2.45, 2.75) is 65.1 Å². The zero-order valence-corrected chi connectivity index (χ0v) is 24.0. The first-order chi connectivity index (χ1) is 18.2. The number of nitrogens with one attached hydrogen (secondary N) is 1. The Labute approximate surface area is 233 Å². The van der Waals surface area contributed by atoms with Crippen molar-refractivity contribution in [2.24, 2.45) is 0 Å². The molecule has 0 unspecified atom stereocenters. The Morgan fingerprint density at radius 2 is 1.68 bits per heavy atom. The van der Waals surface area contributed by atoms with Crippen molar-refractivity contribution in [1.82, 2.24) is 10.2 Å². The molecule has 0 aliphatic carbocycles. The lowest BCUT2D eigenvalue weighted by Gasteiger charge is -2.32. The molecule has 3 rings (SSSR count). The van der Waals surface area contributed by atoms with Gasteiger partial charge in [-0.3, -0.25) is 9.59 Å². The molecule has 3 aromatic carbocycles. The van der Waals surface area contributed by atoms with Gasteiger partial charge in [-0.1, -0.05) is 75.4 Å². The van der Waals surface area contributed by atoms with Crippen LogP contribution in [0.15, 0.2) is 77.3 Å². The first-order valence-electron chi connectivity index (χ1n) is 13.0. The largest absolute Gasteiger partial charge is 0.483 e. The van der Waals surface area contributed by atoms with E-state index in [4.69, 9.17) is 4.74 Å². The number of halogens is 2. The van der Waals surface area contributed by atoms with Gasteiger partial charge in [0.2, 0.25) is 5.91 Å². The van der Waals surface area contributed by atoms with Gasteiger partial charge in [0.1, 0.15) is 17.6 Å². The van der Waals surface area contributed by atoms with Gasteiger partial charge in [0.15, 0.2) is 6.61 Å².